The summed E-state index contributed by atoms with van der Waals surface area (Å²) in [6.07, 6.45) is 3.16. The maximum Gasteiger partial charge on any atom is 0.335 e. The van der Waals surface area contributed by atoms with Crippen molar-refractivity contribution in [2.75, 3.05) is 24.5 Å². The maximum absolute atomic E-state index is 11.4. The van der Waals surface area contributed by atoms with Crippen molar-refractivity contribution in [2.24, 2.45) is 11.3 Å². The van der Waals surface area contributed by atoms with E-state index in [9.17, 15) is 9.90 Å². The van der Waals surface area contributed by atoms with Gasteiger partial charge in [-0.15, -0.1) is 0 Å². The molecule has 2 atom stereocenters. The monoisotopic (exact) mass is 606 g/mol. The molecule has 1 aromatic heterocycles. The first-order chi connectivity index (χ1) is 20.3. The minimum Gasteiger partial charge on any atom is -0.478 e. The molecule has 3 aromatic rings. The first kappa shape index (κ1) is 32.8. The molecule has 1 fully saturated rings. The van der Waals surface area contributed by atoms with Crippen LogP contribution in [0.5, 0.6) is 5.88 Å². The Kier molecular flexibility index (Phi) is 10.7. The van der Waals surface area contributed by atoms with Gasteiger partial charge < -0.3 is 19.9 Å². The van der Waals surface area contributed by atoms with Gasteiger partial charge in [0.15, 0.2) is 0 Å². The van der Waals surface area contributed by atoms with Crippen LogP contribution in [0.4, 0.5) is 5.95 Å². The van der Waals surface area contributed by atoms with E-state index < -0.39 is 5.97 Å². The minimum absolute atomic E-state index is 0.0340. The third-order valence-electron chi connectivity index (χ3n) is 7.63. The van der Waals surface area contributed by atoms with E-state index in [0.29, 0.717) is 24.4 Å². The van der Waals surface area contributed by atoms with Crippen LogP contribution in [0, 0.1) is 25.2 Å². The van der Waals surface area contributed by atoms with Crippen LogP contribution in [0.25, 0.3) is 11.3 Å². The standard InChI is InChI=1S/C34H46N4O4S/c1-22-10-8-11-23(2)30(22)28-17-29(37-32(36-28)38-43-27-13-9-12-25(16-27)31(39)40)41-21-26(18-33(3,4)5)35-19-24-14-15-34(6,7)42-20-24/h8-13,16-17,24,26,35H,14-15,18-21H2,1-7H3,(H,39,40)(H,36,37,38)/t24?,26-/m1/s1. The predicted molar refractivity (Wildman–Crippen MR) is 174 cm³/mol. The number of benzene rings is 2. The highest BCUT2D eigenvalue weighted by Gasteiger charge is 2.28. The SMILES string of the molecule is Cc1cccc(C)c1-c1cc(OC[C@@H](CC(C)(C)C)NCC2CCC(C)(C)OC2)nc(NSc2cccc(C(=O)O)c2)n1. The number of aryl methyl sites for hydroxylation is 2. The Morgan fingerprint density at radius 2 is 1.86 bits per heavy atom. The quantitative estimate of drug-likeness (QED) is 0.180. The summed E-state index contributed by atoms with van der Waals surface area (Å²) >= 11 is 1.26. The normalized spacial score (nSPS) is 17.3. The second-order valence-corrected chi connectivity index (χ2v) is 14.3. The van der Waals surface area contributed by atoms with Crippen molar-refractivity contribution in [1.82, 2.24) is 15.3 Å². The van der Waals surface area contributed by atoms with Crippen molar-refractivity contribution in [3.05, 3.63) is 65.2 Å². The van der Waals surface area contributed by atoms with Crippen LogP contribution >= 0.6 is 11.9 Å². The fourth-order valence-corrected chi connectivity index (χ4v) is 5.98. The zero-order chi connectivity index (χ0) is 31.2. The number of carboxylic acid groups (broad SMARTS) is 1. The predicted octanol–water partition coefficient (Wildman–Crippen LogP) is 7.56. The summed E-state index contributed by atoms with van der Waals surface area (Å²) in [6.45, 7) is 17.3. The van der Waals surface area contributed by atoms with Gasteiger partial charge in [-0.05, 0) is 99.6 Å². The van der Waals surface area contributed by atoms with Crippen molar-refractivity contribution >= 4 is 23.9 Å². The molecule has 232 valence electrons. The van der Waals surface area contributed by atoms with Gasteiger partial charge in [0.05, 0.1) is 23.5 Å². The van der Waals surface area contributed by atoms with Gasteiger partial charge in [-0.1, -0.05) is 45.0 Å². The molecule has 0 radical (unpaired) electrons. The Balaban J connectivity index is 1.53. The molecule has 0 spiro atoms. The molecule has 1 aliphatic heterocycles. The molecular formula is C34H46N4O4S. The van der Waals surface area contributed by atoms with E-state index >= 15 is 0 Å². The van der Waals surface area contributed by atoms with Gasteiger partial charge in [0.25, 0.3) is 0 Å². The number of carbonyl (C=O) groups is 1. The molecule has 4 rings (SSSR count). The highest BCUT2D eigenvalue weighted by atomic mass is 32.2. The van der Waals surface area contributed by atoms with Crippen LogP contribution in [-0.4, -0.2) is 52.4 Å². The highest BCUT2D eigenvalue weighted by Crippen LogP contribution is 2.31. The lowest BCUT2D eigenvalue weighted by molar-refractivity contribution is -0.0764. The fraction of sp³-hybridized carbons (Fsp3) is 0.500. The lowest BCUT2D eigenvalue weighted by Crippen LogP contribution is -2.43. The number of hydrogen-bond acceptors (Lipinski definition) is 8. The van der Waals surface area contributed by atoms with Gasteiger partial charge in [-0.3, -0.25) is 4.72 Å². The molecule has 0 amide bonds. The van der Waals surface area contributed by atoms with E-state index in [4.69, 9.17) is 19.4 Å². The average Bonchev–Trinajstić information content (AvgIpc) is 2.93. The minimum atomic E-state index is -0.968. The molecule has 2 aromatic carbocycles. The number of rotatable bonds is 12. The largest absolute Gasteiger partial charge is 0.478 e. The van der Waals surface area contributed by atoms with Gasteiger partial charge in [-0.25, -0.2) is 9.78 Å². The summed E-state index contributed by atoms with van der Waals surface area (Å²) < 4.78 is 15.7. The van der Waals surface area contributed by atoms with Crippen molar-refractivity contribution in [3.63, 3.8) is 0 Å². The number of hydrogen-bond donors (Lipinski definition) is 3. The second kappa shape index (κ2) is 14.1. The van der Waals surface area contributed by atoms with E-state index in [1.807, 2.05) is 18.2 Å². The summed E-state index contributed by atoms with van der Waals surface area (Å²) in [5.41, 5.74) is 4.35. The number of anilines is 1. The van der Waals surface area contributed by atoms with Crippen LogP contribution < -0.4 is 14.8 Å². The number of nitrogens with one attached hydrogen (secondary N) is 2. The van der Waals surface area contributed by atoms with Crippen LogP contribution in [0.2, 0.25) is 0 Å². The first-order valence-corrected chi connectivity index (χ1v) is 15.8. The van der Waals surface area contributed by atoms with Crippen LogP contribution in [0.15, 0.2) is 53.4 Å². The van der Waals surface area contributed by atoms with E-state index in [2.05, 4.69) is 70.6 Å². The molecule has 0 bridgehead atoms. The molecule has 2 heterocycles. The Morgan fingerprint density at radius 3 is 2.51 bits per heavy atom. The van der Waals surface area contributed by atoms with Crippen LogP contribution in [0.1, 0.15) is 75.4 Å². The third-order valence-corrected chi connectivity index (χ3v) is 8.41. The van der Waals surface area contributed by atoms with Crippen molar-refractivity contribution in [2.45, 2.75) is 84.3 Å². The number of nitrogens with zero attached hydrogens (tertiary/aromatic N) is 2. The van der Waals surface area contributed by atoms with Crippen molar-refractivity contribution in [1.29, 1.82) is 0 Å². The molecule has 0 saturated carbocycles. The van der Waals surface area contributed by atoms with Crippen LogP contribution in [0.3, 0.4) is 0 Å². The highest BCUT2D eigenvalue weighted by molar-refractivity contribution is 8.00. The Bertz CT molecular complexity index is 1380. The van der Waals surface area contributed by atoms with Gasteiger partial charge >= 0.3 is 5.97 Å². The summed E-state index contributed by atoms with van der Waals surface area (Å²) in [7, 11) is 0. The number of aromatic nitrogens is 2. The first-order valence-electron chi connectivity index (χ1n) is 15.0. The average molecular weight is 607 g/mol. The van der Waals surface area contributed by atoms with Crippen LogP contribution in [-0.2, 0) is 4.74 Å². The lowest BCUT2D eigenvalue weighted by atomic mass is 9.87. The molecule has 0 aliphatic carbocycles. The fourth-order valence-electron chi connectivity index (χ4n) is 5.35. The van der Waals surface area contributed by atoms with E-state index in [0.717, 1.165) is 59.7 Å². The van der Waals surface area contributed by atoms with E-state index in [-0.39, 0.29) is 22.6 Å². The Hall–Kier alpha value is -3.14. The van der Waals surface area contributed by atoms with Crippen molar-refractivity contribution < 1.29 is 19.4 Å². The number of carboxylic acids is 1. The molecular weight excluding hydrogens is 560 g/mol. The topological polar surface area (TPSA) is 106 Å². The Labute approximate surface area is 260 Å². The zero-order valence-corrected chi connectivity index (χ0v) is 27.3. The molecule has 43 heavy (non-hydrogen) atoms. The van der Waals surface area contributed by atoms with Gasteiger partial charge in [0.1, 0.15) is 6.61 Å². The molecule has 8 nitrogen and oxygen atoms in total. The van der Waals surface area contributed by atoms with Gasteiger partial charge in [-0.2, -0.15) is 4.98 Å². The van der Waals surface area contributed by atoms with E-state index in [1.54, 1.807) is 18.2 Å². The lowest BCUT2D eigenvalue weighted by Gasteiger charge is -2.36. The van der Waals surface area contributed by atoms with Gasteiger partial charge in [0.2, 0.25) is 11.8 Å². The van der Waals surface area contributed by atoms with E-state index in [1.165, 1.54) is 11.9 Å². The zero-order valence-electron chi connectivity index (χ0n) is 26.5. The molecule has 1 unspecified atom stereocenters. The molecule has 1 aliphatic rings. The molecule has 9 heteroatoms. The van der Waals surface area contributed by atoms with Crippen molar-refractivity contribution in [3.8, 4) is 17.1 Å². The number of ether oxygens (including phenoxy) is 2. The second-order valence-electron chi connectivity index (χ2n) is 13.4. The maximum atomic E-state index is 11.4. The molecule has 3 N–H and O–H groups in total. The summed E-state index contributed by atoms with van der Waals surface area (Å²) in [5, 5.41) is 13.1. The Morgan fingerprint density at radius 1 is 1.14 bits per heavy atom. The summed E-state index contributed by atoms with van der Waals surface area (Å²) in [4.78, 5) is 21.7. The smallest absolute Gasteiger partial charge is 0.335 e. The number of aromatic carboxylic acids is 1. The third kappa shape index (κ3) is 9.95. The summed E-state index contributed by atoms with van der Waals surface area (Å²) in [5.74, 6) is 0.393. The van der Waals surface area contributed by atoms with Gasteiger partial charge in [0, 0.05) is 29.1 Å². The summed E-state index contributed by atoms with van der Waals surface area (Å²) in [6, 6.07) is 15.0. The molecule has 1 saturated heterocycles.